The van der Waals surface area contributed by atoms with Gasteiger partial charge in [0, 0.05) is 44.2 Å². The number of morpholine rings is 1. The van der Waals surface area contributed by atoms with Crippen LogP contribution in [0.5, 0.6) is 11.8 Å². The second-order valence-corrected chi connectivity index (χ2v) is 16.6. The van der Waals surface area contributed by atoms with E-state index in [-0.39, 0.29) is 103 Å². The number of hydrogen-bond donors (Lipinski definition) is 1. The van der Waals surface area contributed by atoms with Gasteiger partial charge in [0.1, 0.15) is 47.5 Å². The zero-order chi connectivity index (χ0) is 40.3. The molecule has 5 atom stereocenters. The Morgan fingerprint density at radius 1 is 1.07 bits per heavy atom. The van der Waals surface area contributed by atoms with Crippen LogP contribution in [0.2, 0.25) is 0 Å². The van der Waals surface area contributed by atoms with Crippen LogP contribution in [-0.4, -0.2) is 126 Å². The van der Waals surface area contributed by atoms with E-state index in [2.05, 4.69) is 20.2 Å². The summed E-state index contributed by atoms with van der Waals surface area (Å²) in [4.78, 5) is 45.7. The van der Waals surface area contributed by atoms with Crippen molar-refractivity contribution < 1.29 is 46.1 Å². The summed E-state index contributed by atoms with van der Waals surface area (Å²) >= 11 is 0. The Labute approximate surface area is 332 Å². The number of nitrogens with one attached hydrogen (secondary N) is 1. The smallest absolute Gasteiger partial charge is 0.415 e. The number of benzene rings is 2. The summed E-state index contributed by atoms with van der Waals surface area (Å²) < 4.78 is 87.0. The van der Waals surface area contributed by atoms with Crippen molar-refractivity contribution in [3.05, 3.63) is 47.7 Å². The summed E-state index contributed by atoms with van der Waals surface area (Å²) in [7, 11) is 0. The van der Waals surface area contributed by atoms with E-state index >= 15 is 13.2 Å². The Kier molecular flexibility index (Phi) is 9.93. The number of halogens is 4. The van der Waals surface area contributed by atoms with Crippen molar-refractivity contribution in [2.75, 3.05) is 64.1 Å². The maximum atomic E-state index is 17.5. The molecule has 4 aromatic rings. The van der Waals surface area contributed by atoms with Crippen LogP contribution in [0.1, 0.15) is 51.5 Å². The molecule has 1 N–H and O–H groups in total. The fourth-order valence-corrected chi connectivity index (χ4v) is 9.59. The van der Waals surface area contributed by atoms with E-state index in [0.29, 0.717) is 43.5 Å². The molecule has 4 saturated heterocycles. The molecule has 0 radical (unpaired) electrons. The lowest BCUT2D eigenvalue weighted by molar-refractivity contribution is 0.00852. The largest absolute Gasteiger partial charge is 0.461 e. The van der Waals surface area contributed by atoms with Crippen molar-refractivity contribution in [1.82, 2.24) is 30.1 Å². The van der Waals surface area contributed by atoms with E-state index in [1.54, 1.807) is 17.9 Å². The SMILES string of the molecule is C[C@H]1COCCN1C(=O)Oc1cc2c3c(c(F)ccc3c1)CCCOC(=O)N[C@]1(C)C[C@@H](F)CN(C1)c1nc(OC[C@@]34CCCN3C[C@H](F)C4)nc3c(F)c-2ncc13. The summed E-state index contributed by atoms with van der Waals surface area (Å²) in [5.41, 5.74) is -1.76. The van der Waals surface area contributed by atoms with Gasteiger partial charge in [-0.2, -0.15) is 9.97 Å². The van der Waals surface area contributed by atoms with Gasteiger partial charge in [0.15, 0.2) is 5.82 Å². The molecule has 10 rings (SSSR count). The third kappa shape index (κ3) is 7.09. The average molecular weight is 808 g/mol. The summed E-state index contributed by atoms with van der Waals surface area (Å²) in [5.74, 6) is -1.26. The number of alkyl halides is 2. The number of aryl methyl sites for hydroxylation is 1. The number of fused-ring (bicyclic) bond motifs is 7. The van der Waals surface area contributed by atoms with Crippen molar-refractivity contribution in [3.63, 3.8) is 0 Å². The molecular formula is C41H45F4N7O6. The number of aromatic nitrogens is 3. The summed E-state index contributed by atoms with van der Waals surface area (Å²) in [6.45, 7) is 5.46. The standard InChI is InChI=1S/C41H45F4N7O6/c1-23-20-55-12-10-52(23)39(54)58-27-13-24-6-7-31(44)28-5-3-11-56-38(53)49-40(2)15-25(42)18-50(21-40)36-30-17-46-34(29(14-27)32(24)28)33(45)35(30)47-37(48-36)57-22-41-8-4-9-51(41)19-26(43)16-41/h6-7,13-14,17,23,25-26H,3-5,8-12,15-16,18-22H2,1-2H3,(H,49,53)/t23-,25+,26+,40+,41-/m0/s1. The first kappa shape index (κ1) is 38.5. The first-order chi connectivity index (χ1) is 27.9. The molecule has 6 bridgehead atoms. The lowest BCUT2D eigenvalue weighted by atomic mass is 9.90. The second-order valence-electron chi connectivity index (χ2n) is 16.6. The quantitative estimate of drug-likeness (QED) is 0.234. The fourth-order valence-electron chi connectivity index (χ4n) is 9.59. The minimum Gasteiger partial charge on any atom is -0.461 e. The van der Waals surface area contributed by atoms with Crippen molar-refractivity contribution in [2.24, 2.45) is 0 Å². The molecule has 13 nitrogen and oxygen atoms in total. The van der Waals surface area contributed by atoms with Crippen LogP contribution in [0.4, 0.5) is 33.0 Å². The third-order valence-corrected chi connectivity index (χ3v) is 12.2. The summed E-state index contributed by atoms with van der Waals surface area (Å²) in [5, 5.41) is 3.72. The Bertz CT molecular complexity index is 2290. The molecule has 0 aliphatic carbocycles. The Hall–Kier alpha value is -5.03. The highest BCUT2D eigenvalue weighted by Gasteiger charge is 2.49. The van der Waals surface area contributed by atoms with Crippen LogP contribution < -0.4 is 19.7 Å². The van der Waals surface area contributed by atoms with Crippen LogP contribution >= 0.6 is 0 Å². The molecule has 0 spiro atoms. The number of rotatable bonds is 4. The van der Waals surface area contributed by atoms with Crippen molar-refractivity contribution in [2.45, 2.75) is 81.8 Å². The van der Waals surface area contributed by atoms with E-state index in [4.69, 9.17) is 23.9 Å². The highest BCUT2D eigenvalue weighted by molar-refractivity contribution is 6.02. The lowest BCUT2D eigenvalue weighted by Gasteiger charge is -2.42. The maximum Gasteiger partial charge on any atom is 0.415 e. The van der Waals surface area contributed by atoms with Gasteiger partial charge < -0.3 is 34.1 Å². The van der Waals surface area contributed by atoms with E-state index in [1.807, 2.05) is 6.92 Å². The minimum atomic E-state index is -1.42. The molecule has 2 amide bonds. The average Bonchev–Trinajstić information content (AvgIpc) is 3.71. The van der Waals surface area contributed by atoms with Gasteiger partial charge in [-0.15, -0.1) is 0 Å². The molecule has 308 valence electrons. The van der Waals surface area contributed by atoms with Crippen LogP contribution in [0, 0.1) is 11.6 Å². The van der Waals surface area contributed by atoms with Crippen molar-refractivity contribution >= 4 is 39.7 Å². The molecule has 2 aromatic carbocycles. The molecule has 6 aliphatic heterocycles. The van der Waals surface area contributed by atoms with Crippen LogP contribution in [-0.2, 0) is 15.9 Å². The number of anilines is 1. The van der Waals surface area contributed by atoms with Crippen LogP contribution in [0.25, 0.3) is 32.9 Å². The molecule has 0 unspecified atom stereocenters. The molecule has 6 aliphatic rings. The zero-order valence-electron chi connectivity index (χ0n) is 32.4. The lowest BCUT2D eigenvalue weighted by Crippen LogP contribution is -2.60. The first-order valence-corrected chi connectivity index (χ1v) is 19.9. The number of carbonyl (C=O) groups is 2. The number of ether oxygens (including phenoxy) is 4. The molecule has 0 saturated carbocycles. The molecular weight excluding hydrogens is 762 g/mol. The number of carbonyl (C=O) groups excluding carboxylic acids is 2. The number of piperidine rings is 1. The van der Waals surface area contributed by atoms with Gasteiger partial charge in [0.25, 0.3) is 0 Å². The molecule has 8 heterocycles. The number of alkyl carbamates (subject to hydrolysis) is 1. The van der Waals surface area contributed by atoms with Gasteiger partial charge in [0.2, 0.25) is 0 Å². The van der Waals surface area contributed by atoms with E-state index < -0.39 is 47.2 Å². The monoisotopic (exact) mass is 807 g/mol. The molecule has 4 fully saturated rings. The molecule has 2 aromatic heterocycles. The van der Waals surface area contributed by atoms with E-state index in [9.17, 15) is 14.0 Å². The number of amides is 2. The zero-order valence-corrected chi connectivity index (χ0v) is 32.4. The van der Waals surface area contributed by atoms with E-state index in [0.717, 1.165) is 13.0 Å². The first-order valence-electron chi connectivity index (χ1n) is 19.9. The fraction of sp³-hybridized carbons (Fsp3) is 0.537. The normalized spacial score (nSPS) is 27.8. The third-order valence-electron chi connectivity index (χ3n) is 12.2. The van der Waals surface area contributed by atoms with Gasteiger partial charge in [-0.3, -0.25) is 9.88 Å². The van der Waals surface area contributed by atoms with Gasteiger partial charge in [-0.1, -0.05) is 6.07 Å². The summed E-state index contributed by atoms with van der Waals surface area (Å²) in [6.07, 6.45) is -0.313. The topological polar surface area (TPSA) is 131 Å². The Balaban J connectivity index is 1.21. The van der Waals surface area contributed by atoms with Crippen molar-refractivity contribution in [1.29, 1.82) is 0 Å². The Morgan fingerprint density at radius 2 is 1.91 bits per heavy atom. The van der Waals surface area contributed by atoms with Gasteiger partial charge >= 0.3 is 18.2 Å². The predicted molar refractivity (Wildman–Crippen MR) is 205 cm³/mol. The maximum absolute atomic E-state index is 17.5. The van der Waals surface area contributed by atoms with Gasteiger partial charge in [0.05, 0.1) is 48.9 Å². The van der Waals surface area contributed by atoms with Gasteiger partial charge in [-0.05, 0) is 80.6 Å². The number of pyridine rings is 1. The van der Waals surface area contributed by atoms with Crippen LogP contribution in [0.15, 0.2) is 30.5 Å². The number of hydrogen-bond acceptors (Lipinski definition) is 11. The van der Waals surface area contributed by atoms with E-state index in [1.165, 1.54) is 29.3 Å². The molecule has 17 heteroatoms. The number of nitrogens with zero attached hydrogens (tertiary/aromatic N) is 6. The highest BCUT2D eigenvalue weighted by atomic mass is 19.1. The Morgan fingerprint density at radius 3 is 2.76 bits per heavy atom. The highest BCUT2D eigenvalue weighted by Crippen LogP contribution is 2.43. The predicted octanol–water partition coefficient (Wildman–Crippen LogP) is 6.28. The summed E-state index contributed by atoms with van der Waals surface area (Å²) in [6, 6.07) is 5.39. The molecule has 58 heavy (non-hydrogen) atoms. The van der Waals surface area contributed by atoms with Gasteiger partial charge in [-0.25, -0.2) is 27.2 Å². The second kappa shape index (κ2) is 15.0. The minimum absolute atomic E-state index is 0.0235. The van der Waals surface area contributed by atoms with Crippen molar-refractivity contribution in [3.8, 4) is 23.0 Å². The van der Waals surface area contributed by atoms with Crippen LogP contribution in [0.3, 0.4) is 0 Å².